The molecule has 0 atom stereocenters. The van der Waals surface area contributed by atoms with Crippen LogP contribution in [0.15, 0.2) is 65.2 Å². The van der Waals surface area contributed by atoms with Crippen molar-refractivity contribution in [3.8, 4) is 17.3 Å². The molecule has 2 heterocycles. The molecule has 2 aromatic heterocycles. The molecule has 4 rings (SSSR count). The number of aromatic nitrogens is 5. The first kappa shape index (κ1) is 17.5. The maximum absolute atomic E-state index is 10.7. The zero-order chi connectivity index (χ0) is 19.5. The Bertz CT molecular complexity index is 1170. The summed E-state index contributed by atoms with van der Waals surface area (Å²) in [5, 5.41) is 26.6. The number of rotatable bonds is 6. The van der Waals surface area contributed by atoms with Crippen LogP contribution in [-0.4, -0.2) is 29.7 Å². The largest absolute Gasteiger partial charge is 0.407 e. The van der Waals surface area contributed by atoms with E-state index in [9.17, 15) is 10.1 Å². The number of nitro benzene ring substituents is 1. The van der Waals surface area contributed by atoms with Gasteiger partial charge in [-0.3, -0.25) is 10.1 Å². The first-order chi connectivity index (χ1) is 13.6. The van der Waals surface area contributed by atoms with E-state index in [0.29, 0.717) is 11.4 Å². The van der Waals surface area contributed by atoms with Gasteiger partial charge in [-0.05, 0) is 36.5 Å². The number of non-ortho nitro benzene ring substituents is 1. The molecule has 0 aliphatic rings. The van der Waals surface area contributed by atoms with Crippen molar-refractivity contribution >= 4 is 23.6 Å². The number of nitrogens with zero attached hydrogens (tertiary/aromatic N) is 6. The van der Waals surface area contributed by atoms with Crippen molar-refractivity contribution in [3.63, 3.8) is 0 Å². The van der Waals surface area contributed by atoms with Gasteiger partial charge < -0.3 is 9.73 Å². The molecule has 0 saturated heterocycles. The van der Waals surface area contributed by atoms with Gasteiger partial charge in [0, 0.05) is 17.8 Å². The van der Waals surface area contributed by atoms with E-state index >= 15 is 0 Å². The van der Waals surface area contributed by atoms with Crippen LogP contribution in [0.5, 0.6) is 0 Å². The molecule has 0 bridgehead atoms. The Morgan fingerprint density at radius 3 is 2.57 bits per heavy atom. The normalized spacial score (nSPS) is 10.7. The molecule has 0 amide bonds. The molecule has 0 spiro atoms. The van der Waals surface area contributed by atoms with Crippen LogP contribution in [-0.2, 0) is 6.67 Å². The minimum Gasteiger partial charge on any atom is -0.407 e. The van der Waals surface area contributed by atoms with E-state index in [1.807, 2.05) is 30.3 Å². The molecule has 11 heteroatoms. The van der Waals surface area contributed by atoms with Crippen molar-refractivity contribution in [2.75, 3.05) is 5.32 Å². The van der Waals surface area contributed by atoms with Crippen LogP contribution >= 0.6 is 12.2 Å². The average Bonchev–Trinajstić information content (AvgIpc) is 3.34. The molecule has 0 radical (unpaired) electrons. The summed E-state index contributed by atoms with van der Waals surface area (Å²) >= 11 is 5.19. The van der Waals surface area contributed by atoms with Crippen molar-refractivity contribution < 1.29 is 9.34 Å². The van der Waals surface area contributed by atoms with E-state index in [4.69, 9.17) is 16.6 Å². The van der Waals surface area contributed by atoms with E-state index in [2.05, 4.69) is 20.6 Å². The predicted molar refractivity (Wildman–Crippen MR) is 102 cm³/mol. The number of nitrogens with one attached hydrogen (secondary N) is 1. The standard InChI is InChI=1S/C17H13N7O3S/c25-24(26)14-8-6-12(7-9-14)18-11-22-17(28)27-16(21-22)15-10-19-23(20-15)13-4-2-1-3-5-13/h1-10,18H,11H2. The van der Waals surface area contributed by atoms with Crippen LogP contribution in [0.25, 0.3) is 17.3 Å². The summed E-state index contributed by atoms with van der Waals surface area (Å²) in [7, 11) is 0. The molecule has 140 valence electrons. The van der Waals surface area contributed by atoms with E-state index in [1.165, 1.54) is 21.6 Å². The fourth-order valence-corrected chi connectivity index (χ4v) is 2.61. The van der Waals surface area contributed by atoms with Crippen molar-refractivity contribution in [1.82, 2.24) is 24.8 Å². The van der Waals surface area contributed by atoms with Gasteiger partial charge in [0.25, 0.3) is 16.4 Å². The number of hydrogen-bond acceptors (Lipinski definition) is 8. The lowest BCUT2D eigenvalue weighted by molar-refractivity contribution is -0.384. The van der Waals surface area contributed by atoms with Gasteiger partial charge in [0.1, 0.15) is 6.67 Å². The smallest absolute Gasteiger partial charge is 0.289 e. The van der Waals surface area contributed by atoms with Gasteiger partial charge in [0.2, 0.25) is 0 Å². The van der Waals surface area contributed by atoms with Crippen LogP contribution in [0.1, 0.15) is 0 Å². The lowest BCUT2D eigenvalue weighted by atomic mass is 10.3. The minimum absolute atomic E-state index is 0.0207. The zero-order valence-corrected chi connectivity index (χ0v) is 15.1. The molecule has 28 heavy (non-hydrogen) atoms. The van der Waals surface area contributed by atoms with Crippen molar-refractivity contribution in [2.24, 2.45) is 0 Å². The number of hydrogen-bond donors (Lipinski definition) is 1. The molecule has 4 aromatic rings. The van der Waals surface area contributed by atoms with Gasteiger partial charge in [-0.15, -0.1) is 10.2 Å². The fourth-order valence-electron chi connectivity index (χ4n) is 2.42. The van der Waals surface area contributed by atoms with Gasteiger partial charge in [-0.25, -0.2) is 4.68 Å². The summed E-state index contributed by atoms with van der Waals surface area (Å²) in [5.74, 6) is 0.248. The van der Waals surface area contributed by atoms with Crippen molar-refractivity contribution in [3.05, 3.63) is 75.7 Å². The Morgan fingerprint density at radius 2 is 1.86 bits per heavy atom. The lowest BCUT2D eigenvalue weighted by Gasteiger charge is -2.04. The second kappa shape index (κ2) is 7.40. The summed E-state index contributed by atoms with van der Waals surface area (Å²) in [6, 6.07) is 15.5. The van der Waals surface area contributed by atoms with Crippen LogP contribution in [0, 0.1) is 15.0 Å². The maximum Gasteiger partial charge on any atom is 0.289 e. The quantitative estimate of drug-likeness (QED) is 0.300. The molecular formula is C17H13N7O3S. The first-order valence-electron chi connectivity index (χ1n) is 8.14. The summed E-state index contributed by atoms with van der Waals surface area (Å²) in [6.45, 7) is 0.229. The molecular weight excluding hydrogens is 382 g/mol. The van der Waals surface area contributed by atoms with Gasteiger partial charge >= 0.3 is 0 Å². The van der Waals surface area contributed by atoms with E-state index in [-0.39, 0.29) is 23.1 Å². The highest BCUT2D eigenvalue weighted by Gasteiger charge is 2.13. The zero-order valence-electron chi connectivity index (χ0n) is 14.3. The monoisotopic (exact) mass is 395 g/mol. The van der Waals surface area contributed by atoms with Crippen LogP contribution in [0.3, 0.4) is 0 Å². The van der Waals surface area contributed by atoms with Gasteiger partial charge in [-0.1, -0.05) is 18.2 Å². The lowest BCUT2D eigenvalue weighted by Crippen LogP contribution is -2.09. The van der Waals surface area contributed by atoms with Crippen LogP contribution in [0.4, 0.5) is 11.4 Å². The predicted octanol–water partition coefficient (Wildman–Crippen LogP) is 3.43. The second-order valence-electron chi connectivity index (χ2n) is 5.67. The molecule has 1 N–H and O–H groups in total. The Hall–Kier alpha value is -3.86. The Balaban J connectivity index is 1.49. The molecule has 2 aromatic carbocycles. The van der Waals surface area contributed by atoms with Gasteiger partial charge in [0.15, 0.2) is 5.69 Å². The summed E-state index contributed by atoms with van der Waals surface area (Å²) in [4.78, 5) is 11.9. The van der Waals surface area contributed by atoms with Crippen LogP contribution < -0.4 is 5.32 Å². The number of benzene rings is 2. The van der Waals surface area contributed by atoms with Crippen molar-refractivity contribution in [1.29, 1.82) is 0 Å². The highest BCUT2D eigenvalue weighted by Crippen LogP contribution is 2.17. The number of para-hydroxylation sites is 1. The van der Waals surface area contributed by atoms with E-state index < -0.39 is 4.92 Å². The summed E-state index contributed by atoms with van der Waals surface area (Å²) in [6.07, 6.45) is 1.54. The van der Waals surface area contributed by atoms with E-state index in [0.717, 1.165) is 5.69 Å². The van der Waals surface area contributed by atoms with Gasteiger partial charge in [0.05, 0.1) is 16.8 Å². The first-order valence-corrected chi connectivity index (χ1v) is 8.55. The number of anilines is 1. The molecule has 0 unspecified atom stereocenters. The van der Waals surface area contributed by atoms with E-state index in [1.54, 1.807) is 18.3 Å². The highest BCUT2D eigenvalue weighted by molar-refractivity contribution is 7.71. The third kappa shape index (κ3) is 3.64. The SMILES string of the molecule is O=[N+]([O-])c1ccc(NCn2nc(-c3cnn(-c4ccccc4)n3)oc2=S)cc1. The minimum atomic E-state index is -0.452. The number of nitro groups is 1. The summed E-state index contributed by atoms with van der Waals surface area (Å²) < 4.78 is 6.96. The Morgan fingerprint density at radius 1 is 1.11 bits per heavy atom. The molecule has 10 nitrogen and oxygen atoms in total. The molecule has 0 aliphatic carbocycles. The summed E-state index contributed by atoms with van der Waals surface area (Å²) in [5.41, 5.74) is 1.97. The second-order valence-corrected chi connectivity index (χ2v) is 6.02. The van der Waals surface area contributed by atoms with Crippen LogP contribution in [0.2, 0.25) is 0 Å². The highest BCUT2D eigenvalue weighted by atomic mass is 32.1. The van der Waals surface area contributed by atoms with Gasteiger partial charge in [-0.2, -0.15) is 9.90 Å². The average molecular weight is 395 g/mol. The Labute approximate surface area is 163 Å². The third-order valence-corrected chi connectivity index (χ3v) is 4.11. The van der Waals surface area contributed by atoms with Crippen molar-refractivity contribution in [2.45, 2.75) is 6.67 Å². The molecule has 0 fully saturated rings. The third-order valence-electron chi connectivity index (χ3n) is 3.82. The Kier molecular flexibility index (Phi) is 4.64. The molecule has 0 aliphatic heterocycles. The molecule has 0 saturated carbocycles. The fraction of sp³-hybridized carbons (Fsp3) is 0.0588. The topological polar surface area (TPSA) is 117 Å². The maximum atomic E-state index is 10.7.